The summed E-state index contributed by atoms with van der Waals surface area (Å²) >= 11 is 0. The molecular formula is C33H33N5O5. The Morgan fingerprint density at radius 2 is 1.77 bits per heavy atom. The van der Waals surface area contributed by atoms with Crippen LogP contribution < -0.4 is 25.8 Å². The van der Waals surface area contributed by atoms with Crippen molar-refractivity contribution in [3.05, 3.63) is 84.1 Å². The lowest BCUT2D eigenvalue weighted by molar-refractivity contribution is -0.150. The Morgan fingerprint density at radius 1 is 1.05 bits per heavy atom. The third-order valence-corrected chi connectivity index (χ3v) is 7.30. The van der Waals surface area contributed by atoms with Crippen LogP contribution in [0.2, 0.25) is 0 Å². The van der Waals surface area contributed by atoms with Gasteiger partial charge in [0.05, 0.1) is 30.5 Å². The monoisotopic (exact) mass is 579 g/mol. The number of methoxy groups -OCH3 is 1. The smallest absolute Gasteiger partial charge is 0.323 e. The van der Waals surface area contributed by atoms with E-state index in [-0.39, 0.29) is 25.0 Å². The Kier molecular flexibility index (Phi) is 9.34. The van der Waals surface area contributed by atoms with Crippen LogP contribution in [0.15, 0.2) is 72.9 Å². The summed E-state index contributed by atoms with van der Waals surface area (Å²) in [5, 5.41) is 16.6. The van der Waals surface area contributed by atoms with Gasteiger partial charge in [0.2, 0.25) is 0 Å². The molecule has 0 saturated heterocycles. The predicted octanol–water partition coefficient (Wildman–Crippen LogP) is 5.69. The number of aromatic nitrogens is 1. The minimum Gasteiger partial charge on any atom is -0.493 e. The maximum atomic E-state index is 12.5. The highest BCUT2D eigenvalue weighted by atomic mass is 16.5. The van der Waals surface area contributed by atoms with Crippen molar-refractivity contribution in [3.8, 4) is 17.6 Å². The van der Waals surface area contributed by atoms with Gasteiger partial charge in [-0.05, 0) is 68.1 Å². The zero-order valence-electron chi connectivity index (χ0n) is 23.8. The van der Waals surface area contributed by atoms with E-state index < -0.39 is 12.0 Å². The van der Waals surface area contributed by atoms with Gasteiger partial charge in [0.25, 0.3) is 5.91 Å². The number of nitrogens with zero attached hydrogens (tertiary/aromatic N) is 2. The van der Waals surface area contributed by atoms with Crippen molar-refractivity contribution in [1.82, 2.24) is 4.98 Å². The number of pyridine rings is 1. The normalized spacial score (nSPS) is 13.6. The van der Waals surface area contributed by atoms with Gasteiger partial charge >= 0.3 is 5.97 Å². The van der Waals surface area contributed by atoms with Crippen LogP contribution >= 0.6 is 0 Å². The summed E-state index contributed by atoms with van der Waals surface area (Å²) in [6, 6.07) is 21.0. The molecule has 1 heterocycles. The first-order valence-electron chi connectivity index (χ1n) is 14.2. The largest absolute Gasteiger partial charge is 0.493 e. The second-order valence-corrected chi connectivity index (χ2v) is 10.3. The van der Waals surface area contributed by atoms with E-state index >= 15 is 0 Å². The minimum absolute atomic E-state index is 0.0364. The SMILES string of the molecule is COc1cc2c(Nc3ccc(NC(=O)c4ccccc4)cc3)c(C#N)cnc2cc1OCC[C@H](N)C(=O)OC1CCCC1. The van der Waals surface area contributed by atoms with Crippen molar-refractivity contribution < 1.29 is 23.8 Å². The van der Waals surface area contributed by atoms with Crippen molar-refractivity contribution in [2.75, 3.05) is 24.4 Å². The molecule has 0 unspecified atom stereocenters. The summed E-state index contributed by atoms with van der Waals surface area (Å²) in [6.07, 6.45) is 5.65. The van der Waals surface area contributed by atoms with E-state index in [0.29, 0.717) is 50.6 Å². The molecule has 3 aromatic carbocycles. The van der Waals surface area contributed by atoms with E-state index in [9.17, 15) is 14.9 Å². The Morgan fingerprint density at radius 3 is 2.47 bits per heavy atom. The lowest BCUT2D eigenvalue weighted by atomic mass is 10.1. The fourth-order valence-electron chi connectivity index (χ4n) is 4.94. The molecule has 1 atom stereocenters. The molecule has 4 N–H and O–H groups in total. The summed E-state index contributed by atoms with van der Waals surface area (Å²) in [5.74, 6) is 0.264. The first kappa shape index (κ1) is 29.4. The molecule has 0 spiro atoms. The second-order valence-electron chi connectivity index (χ2n) is 10.3. The zero-order valence-corrected chi connectivity index (χ0v) is 23.8. The molecule has 10 heteroatoms. The van der Waals surface area contributed by atoms with Crippen molar-refractivity contribution >= 4 is 39.8 Å². The molecule has 1 fully saturated rings. The minimum atomic E-state index is -0.780. The second kappa shape index (κ2) is 13.7. The zero-order chi connectivity index (χ0) is 30.2. The number of esters is 1. The molecule has 1 aromatic heterocycles. The third kappa shape index (κ3) is 7.20. The molecule has 0 bridgehead atoms. The van der Waals surface area contributed by atoms with Crippen molar-refractivity contribution in [2.45, 2.75) is 44.2 Å². The lowest BCUT2D eigenvalue weighted by Crippen LogP contribution is -2.35. The molecule has 220 valence electrons. The van der Waals surface area contributed by atoms with Gasteiger partial charge in [-0.1, -0.05) is 18.2 Å². The number of nitrogens with two attached hydrogens (primary N) is 1. The van der Waals surface area contributed by atoms with Crippen molar-refractivity contribution in [2.24, 2.45) is 5.73 Å². The van der Waals surface area contributed by atoms with Crippen molar-refractivity contribution in [1.29, 1.82) is 5.26 Å². The van der Waals surface area contributed by atoms with Gasteiger partial charge in [-0.3, -0.25) is 14.6 Å². The standard InChI is InChI=1S/C33H33N5O5/c1-41-29-17-26-28(18-30(29)42-16-15-27(35)33(40)43-25-9-5-6-10-25)36-20-22(19-34)31(26)37-23-11-13-24(14-12-23)38-32(39)21-7-3-2-4-8-21/h2-4,7-8,11-14,17-18,20,25,27H,5-6,9-10,15-16,35H2,1H3,(H,36,37)(H,38,39)/t27-/m0/s1. The summed E-state index contributed by atoms with van der Waals surface area (Å²) in [6.45, 7) is 0.178. The number of rotatable bonds is 11. The van der Waals surface area contributed by atoms with Crippen LogP contribution in [-0.4, -0.2) is 42.7 Å². The number of carbonyl (C=O) groups is 2. The van der Waals surface area contributed by atoms with Gasteiger partial charge in [0.15, 0.2) is 11.5 Å². The summed E-state index contributed by atoms with van der Waals surface area (Å²) in [5.41, 5.74) is 9.43. The van der Waals surface area contributed by atoms with Gasteiger partial charge < -0.3 is 30.6 Å². The highest BCUT2D eigenvalue weighted by molar-refractivity contribution is 6.04. The van der Waals surface area contributed by atoms with Gasteiger partial charge in [0, 0.05) is 41.0 Å². The Bertz CT molecular complexity index is 1630. The molecule has 1 aliphatic carbocycles. The molecule has 5 rings (SSSR count). The average Bonchev–Trinajstić information content (AvgIpc) is 3.55. The van der Waals surface area contributed by atoms with E-state index in [1.54, 1.807) is 36.4 Å². The maximum absolute atomic E-state index is 12.5. The molecule has 0 radical (unpaired) electrons. The molecule has 1 amide bonds. The Hall–Kier alpha value is -5.14. The highest BCUT2D eigenvalue weighted by Gasteiger charge is 2.23. The number of ether oxygens (including phenoxy) is 3. The molecule has 43 heavy (non-hydrogen) atoms. The molecule has 0 aliphatic heterocycles. The first-order valence-corrected chi connectivity index (χ1v) is 14.2. The number of anilines is 3. The van der Waals surface area contributed by atoms with Crippen LogP contribution in [0.5, 0.6) is 11.5 Å². The van der Waals surface area contributed by atoms with Crippen LogP contribution in [-0.2, 0) is 9.53 Å². The molecule has 1 aliphatic rings. The van der Waals surface area contributed by atoms with Crippen LogP contribution in [0, 0.1) is 11.3 Å². The predicted molar refractivity (Wildman–Crippen MR) is 164 cm³/mol. The summed E-state index contributed by atoms with van der Waals surface area (Å²) in [7, 11) is 1.52. The number of hydrogen-bond donors (Lipinski definition) is 3. The average molecular weight is 580 g/mol. The van der Waals surface area contributed by atoms with Crippen LogP contribution in [0.1, 0.15) is 48.0 Å². The number of amides is 1. The summed E-state index contributed by atoms with van der Waals surface area (Å²) < 4.78 is 17.0. The fraction of sp³-hybridized carbons (Fsp3) is 0.273. The number of hydrogen-bond acceptors (Lipinski definition) is 9. The first-order chi connectivity index (χ1) is 20.9. The number of fused-ring (bicyclic) bond motifs is 1. The Labute approximate surface area is 249 Å². The van der Waals surface area contributed by atoms with E-state index in [0.717, 1.165) is 25.7 Å². The number of carbonyl (C=O) groups excluding carboxylic acids is 2. The number of nitrogens with one attached hydrogen (secondary N) is 2. The molecule has 10 nitrogen and oxygen atoms in total. The van der Waals surface area contributed by atoms with E-state index in [1.807, 2.05) is 30.3 Å². The number of nitriles is 1. The van der Waals surface area contributed by atoms with Crippen LogP contribution in [0.4, 0.5) is 17.1 Å². The van der Waals surface area contributed by atoms with Crippen LogP contribution in [0.3, 0.4) is 0 Å². The quantitative estimate of drug-likeness (QED) is 0.190. The molecular weight excluding hydrogens is 546 g/mol. The molecule has 1 saturated carbocycles. The molecule has 4 aromatic rings. The van der Waals surface area contributed by atoms with Crippen LogP contribution in [0.25, 0.3) is 10.9 Å². The summed E-state index contributed by atoms with van der Waals surface area (Å²) in [4.78, 5) is 29.3. The Balaban J connectivity index is 1.28. The maximum Gasteiger partial charge on any atom is 0.323 e. The van der Waals surface area contributed by atoms with E-state index in [4.69, 9.17) is 19.9 Å². The van der Waals surface area contributed by atoms with Gasteiger partial charge in [-0.15, -0.1) is 0 Å². The topological polar surface area (TPSA) is 149 Å². The van der Waals surface area contributed by atoms with Gasteiger partial charge in [-0.2, -0.15) is 5.26 Å². The van der Waals surface area contributed by atoms with Gasteiger partial charge in [-0.25, -0.2) is 0 Å². The third-order valence-electron chi connectivity index (χ3n) is 7.30. The van der Waals surface area contributed by atoms with E-state index in [1.165, 1.54) is 13.3 Å². The lowest BCUT2D eigenvalue weighted by Gasteiger charge is -2.17. The number of benzene rings is 3. The highest BCUT2D eigenvalue weighted by Crippen LogP contribution is 2.37. The van der Waals surface area contributed by atoms with Crippen molar-refractivity contribution in [3.63, 3.8) is 0 Å². The van der Waals surface area contributed by atoms with E-state index in [2.05, 4.69) is 21.7 Å². The fourth-order valence-corrected chi connectivity index (χ4v) is 4.94. The van der Waals surface area contributed by atoms with Gasteiger partial charge in [0.1, 0.15) is 18.2 Å².